The van der Waals surface area contributed by atoms with E-state index < -0.39 is 4.92 Å². The summed E-state index contributed by atoms with van der Waals surface area (Å²) in [7, 11) is 0. The minimum absolute atomic E-state index is 0.0553. The number of fused-ring (bicyclic) bond motifs is 1. The van der Waals surface area contributed by atoms with Crippen LogP contribution in [0.2, 0.25) is 0 Å². The first-order valence-electron chi connectivity index (χ1n) is 9.21. The lowest BCUT2D eigenvalue weighted by atomic mass is 10.00. The number of thioether (sulfide) groups is 1. The van der Waals surface area contributed by atoms with Crippen molar-refractivity contribution in [2.45, 2.75) is 20.4 Å². The second-order valence-corrected chi connectivity index (χ2v) is 8.71. The van der Waals surface area contributed by atoms with E-state index in [0.29, 0.717) is 6.54 Å². The Morgan fingerprint density at radius 1 is 1.20 bits per heavy atom. The molecule has 0 atom stereocenters. The van der Waals surface area contributed by atoms with Gasteiger partial charge in [-0.2, -0.15) is 5.10 Å². The number of non-ortho nitro benzene ring substituents is 1. The van der Waals surface area contributed by atoms with Crippen LogP contribution in [0.4, 0.5) is 10.7 Å². The van der Waals surface area contributed by atoms with Crippen molar-refractivity contribution in [2.75, 3.05) is 6.26 Å². The predicted octanol–water partition coefficient (Wildman–Crippen LogP) is 5.29. The number of nitro benzene ring substituents is 1. The number of aliphatic imine (C=N–C) groups is 1. The fourth-order valence-corrected chi connectivity index (χ4v) is 4.77. The number of amidine groups is 1. The molecule has 152 valence electrons. The number of rotatable bonds is 4. The first kappa shape index (κ1) is 20.2. The van der Waals surface area contributed by atoms with E-state index in [-0.39, 0.29) is 5.69 Å². The van der Waals surface area contributed by atoms with Gasteiger partial charge < -0.3 is 0 Å². The average molecular weight is 438 g/mol. The lowest BCUT2D eigenvalue weighted by molar-refractivity contribution is -0.384. The smallest absolute Gasteiger partial charge is 0.264 e. The second kappa shape index (κ2) is 8.37. The molecule has 9 heteroatoms. The number of nitro groups is 1. The van der Waals surface area contributed by atoms with Crippen molar-refractivity contribution in [3.8, 4) is 0 Å². The van der Waals surface area contributed by atoms with Crippen LogP contribution in [0.1, 0.15) is 27.1 Å². The minimum atomic E-state index is -0.395. The molecule has 0 spiro atoms. The molecule has 0 saturated heterocycles. The van der Waals surface area contributed by atoms with Gasteiger partial charge in [0.25, 0.3) is 5.69 Å². The van der Waals surface area contributed by atoms with Gasteiger partial charge in [0.1, 0.15) is 10.7 Å². The standard InChI is InChI=1S/C21H19N5O2S2/c1-13-14(2)30-20-18(13)19(16-6-8-17(9-7-16)26(27)28)24-25(21(23-20)29-3)12-15-5-4-10-22-11-15/h4-11H,12H2,1-3H3. The summed E-state index contributed by atoms with van der Waals surface area (Å²) in [5, 5.41) is 19.6. The van der Waals surface area contributed by atoms with Gasteiger partial charge in [-0.25, -0.2) is 10.0 Å². The third kappa shape index (κ3) is 3.86. The summed E-state index contributed by atoms with van der Waals surface area (Å²) in [5.41, 5.74) is 4.75. The zero-order valence-electron chi connectivity index (χ0n) is 16.7. The third-order valence-corrected chi connectivity index (χ3v) is 6.60. The normalized spacial score (nSPS) is 13.4. The number of benzene rings is 1. The fraction of sp³-hybridized carbons (Fsp3) is 0.190. The van der Waals surface area contributed by atoms with E-state index in [1.807, 2.05) is 29.6 Å². The number of nitrogens with zero attached hydrogens (tertiary/aromatic N) is 5. The van der Waals surface area contributed by atoms with Crippen LogP contribution in [0.15, 0.2) is 58.9 Å². The lowest BCUT2D eigenvalue weighted by Crippen LogP contribution is -2.24. The first-order chi connectivity index (χ1) is 14.5. The van der Waals surface area contributed by atoms with Crippen molar-refractivity contribution in [1.29, 1.82) is 0 Å². The Hall–Kier alpha value is -3.04. The monoisotopic (exact) mass is 437 g/mol. The van der Waals surface area contributed by atoms with Gasteiger partial charge in [0.05, 0.1) is 11.5 Å². The van der Waals surface area contributed by atoms with Crippen molar-refractivity contribution < 1.29 is 4.92 Å². The Bertz CT molecular complexity index is 1150. The number of aryl methyl sites for hydroxylation is 1. The maximum Gasteiger partial charge on any atom is 0.269 e. The van der Waals surface area contributed by atoms with Gasteiger partial charge in [-0.15, -0.1) is 11.3 Å². The highest BCUT2D eigenvalue weighted by molar-refractivity contribution is 8.13. The van der Waals surface area contributed by atoms with Crippen LogP contribution < -0.4 is 0 Å². The third-order valence-electron chi connectivity index (χ3n) is 4.83. The molecule has 1 aliphatic rings. The highest BCUT2D eigenvalue weighted by Gasteiger charge is 2.26. The Morgan fingerprint density at radius 3 is 2.60 bits per heavy atom. The SMILES string of the molecule is CSC1=Nc2sc(C)c(C)c2C(c2ccc([N+](=O)[O-])cc2)=NN1Cc1cccnc1. The number of thiophene rings is 1. The number of pyridine rings is 1. The van der Waals surface area contributed by atoms with Crippen molar-refractivity contribution in [1.82, 2.24) is 9.99 Å². The van der Waals surface area contributed by atoms with E-state index in [9.17, 15) is 10.1 Å². The number of hydrazone groups is 1. The van der Waals surface area contributed by atoms with Crippen LogP contribution in [-0.4, -0.2) is 32.1 Å². The van der Waals surface area contributed by atoms with Gasteiger partial charge in [0.2, 0.25) is 0 Å². The molecule has 0 N–H and O–H groups in total. The molecule has 0 bridgehead atoms. The molecule has 0 unspecified atom stereocenters. The summed E-state index contributed by atoms with van der Waals surface area (Å²) in [6, 6.07) is 10.4. The number of aromatic nitrogens is 1. The first-order valence-corrected chi connectivity index (χ1v) is 11.2. The average Bonchev–Trinajstić information content (AvgIpc) is 2.93. The van der Waals surface area contributed by atoms with Crippen molar-refractivity contribution in [3.05, 3.63) is 86.0 Å². The molecule has 0 saturated carbocycles. The zero-order valence-corrected chi connectivity index (χ0v) is 18.3. The Kier molecular flexibility index (Phi) is 5.65. The second-order valence-electron chi connectivity index (χ2n) is 6.73. The van der Waals surface area contributed by atoms with Gasteiger partial charge in [0, 0.05) is 40.5 Å². The van der Waals surface area contributed by atoms with Crippen LogP contribution in [-0.2, 0) is 6.54 Å². The van der Waals surface area contributed by atoms with Crippen LogP contribution in [0.3, 0.4) is 0 Å². The molecule has 1 aromatic carbocycles. The van der Waals surface area contributed by atoms with Crippen LogP contribution in [0.25, 0.3) is 0 Å². The summed E-state index contributed by atoms with van der Waals surface area (Å²) in [4.78, 5) is 21.0. The number of hydrogen-bond acceptors (Lipinski definition) is 8. The van der Waals surface area contributed by atoms with Gasteiger partial charge in [-0.05, 0) is 49.4 Å². The van der Waals surface area contributed by atoms with E-state index in [1.165, 1.54) is 28.8 Å². The minimum Gasteiger partial charge on any atom is -0.264 e. The molecule has 7 nitrogen and oxygen atoms in total. The number of hydrogen-bond donors (Lipinski definition) is 0. The molecule has 3 heterocycles. The molecule has 0 fully saturated rings. The topological polar surface area (TPSA) is 84.0 Å². The van der Waals surface area contributed by atoms with Gasteiger partial charge in [-0.1, -0.05) is 17.8 Å². The van der Waals surface area contributed by atoms with E-state index in [4.69, 9.17) is 10.1 Å². The van der Waals surface area contributed by atoms with E-state index in [0.717, 1.165) is 38.1 Å². The Balaban J connectivity index is 1.87. The van der Waals surface area contributed by atoms with Crippen LogP contribution in [0.5, 0.6) is 0 Å². The highest BCUT2D eigenvalue weighted by Crippen LogP contribution is 2.39. The predicted molar refractivity (Wildman–Crippen MR) is 123 cm³/mol. The molecule has 1 aliphatic heterocycles. The maximum atomic E-state index is 11.1. The summed E-state index contributed by atoms with van der Waals surface area (Å²) in [6.45, 7) is 4.66. The summed E-state index contributed by atoms with van der Waals surface area (Å²) < 4.78 is 0. The van der Waals surface area contributed by atoms with Gasteiger partial charge in [0.15, 0.2) is 5.17 Å². The molecular formula is C21H19N5O2S2. The quantitative estimate of drug-likeness (QED) is 0.409. The summed E-state index contributed by atoms with van der Waals surface area (Å²) >= 11 is 3.17. The van der Waals surface area contributed by atoms with E-state index in [2.05, 4.69) is 18.8 Å². The van der Waals surface area contributed by atoms with Gasteiger partial charge in [-0.3, -0.25) is 15.1 Å². The molecule has 2 aromatic heterocycles. The highest BCUT2D eigenvalue weighted by atomic mass is 32.2. The molecule has 0 radical (unpaired) electrons. The lowest BCUT2D eigenvalue weighted by Gasteiger charge is -2.19. The largest absolute Gasteiger partial charge is 0.269 e. The summed E-state index contributed by atoms with van der Waals surface area (Å²) in [6.07, 6.45) is 5.54. The maximum absolute atomic E-state index is 11.1. The molecular weight excluding hydrogens is 418 g/mol. The Labute approximate surface area is 182 Å². The van der Waals surface area contributed by atoms with E-state index >= 15 is 0 Å². The van der Waals surface area contributed by atoms with Crippen molar-refractivity contribution >= 4 is 44.7 Å². The molecule has 0 amide bonds. The molecule has 0 aliphatic carbocycles. The summed E-state index contributed by atoms with van der Waals surface area (Å²) in [5.74, 6) is 0. The molecule has 3 aromatic rings. The van der Waals surface area contributed by atoms with Crippen molar-refractivity contribution in [2.24, 2.45) is 10.1 Å². The van der Waals surface area contributed by atoms with Crippen LogP contribution in [0, 0.1) is 24.0 Å². The zero-order chi connectivity index (χ0) is 21.3. The Morgan fingerprint density at radius 2 is 1.97 bits per heavy atom. The fourth-order valence-electron chi connectivity index (χ4n) is 3.19. The van der Waals surface area contributed by atoms with Crippen molar-refractivity contribution in [3.63, 3.8) is 0 Å². The van der Waals surface area contributed by atoms with Crippen LogP contribution >= 0.6 is 23.1 Å². The van der Waals surface area contributed by atoms with Gasteiger partial charge >= 0.3 is 0 Å². The molecule has 30 heavy (non-hydrogen) atoms. The van der Waals surface area contributed by atoms with E-state index in [1.54, 1.807) is 29.7 Å². The molecule has 4 rings (SSSR count).